The Morgan fingerprint density at radius 3 is 2.77 bits per heavy atom. The molecule has 136 valence electrons. The summed E-state index contributed by atoms with van der Waals surface area (Å²) < 4.78 is 41.9. The summed E-state index contributed by atoms with van der Waals surface area (Å²) in [6, 6.07) is 8.09. The van der Waals surface area contributed by atoms with Crippen LogP contribution in [0.1, 0.15) is 16.2 Å². The molecule has 0 fully saturated rings. The molecule has 3 aromatic rings. The molecule has 2 aromatic heterocycles. The lowest BCUT2D eigenvalue weighted by atomic mass is 10.1. The second-order valence-corrected chi connectivity index (χ2v) is 6.00. The van der Waals surface area contributed by atoms with Crippen molar-refractivity contribution < 1.29 is 22.5 Å². The second kappa shape index (κ2) is 7.56. The molecule has 26 heavy (non-hydrogen) atoms. The molecule has 3 rings (SSSR count). The summed E-state index contributed by atoms with van der Waals surface area (Å²) in [4.78, 5) is 16.2. The minimum absolute atomic E-state index is 0.0920. The molecular weight excluding hydrogens is 369 g/mol. The molecule has 0 aliphatic heterocycles. The molecule has 0 radical (unpaired) electrons. The van der Waals surface area contributed by atoms with Crippen molar-refractivity contribution in [2.75, 3.05) is 11.9 Å². The number of anilines is 1. The SMILES string of the molecule is O=C(NCC(F)(F)F)c1ccccc1NCc1nc(-c2ccsc2)no1. The number of alkyl halides is 3. The van der Waals surface area contributed by atoms with E-state index in [-0.39, 0.29) is 18.0 Å². The molecule has 10 heteroatoms. The van der Waals surface area contributed by atoms with E-state index in [1.807, 2.05) is 22.1 Å². The van der Waals surface area contributed by atoms with Crippen LogP contribution in [0.5, 0.6) is 0 Å². The van der Waals surface area contributed by atoms with E-state index in [2.05, 4.69) is 15.5 Å². The number of halogens is 3. The van der Waals surface area contributed by atoms with Crippen molar-refractivity contribution in [2.24, 2.45) is 0 Å². The minimum Gasteiger partial charge on any atom is -0.375 e. The van der Waals surface area contributed by atoms with Gasteiger partial charge in [-0.3, -0.25) is 4.79 Å². The Morgan fingerprint density at radius 2 is 2.04 bits per heavy atom. The Hall–Kier alpha value is -2.88. The van der Waals surface area contributed by atoms with Crippen LogP contribution >= 0.6 is 11.3 Å². The summed E-state index contributed by atoms with van der Waals surface area (Å²) in [6.45, 7) is -1.27. The predicted molar refractivity (Wildman–Crippen MR) is 89.8 cm³/mol. The zero-order chi connectivity index (χ0) is 18.6. The van der Waals surface area contributed by atoms with Gasteiger partial charge in [-0.25, -0.2) is 0 Å². The van der Waals surface area contributed by atoms with Crippen molar-refractivity contribution in [3.8, 4) is 11.4 Å². The van der Waals surface area contributed by atoms with Gasteiger partial charge in [0.05, 0.1) is 12.1 Å². The van der Waals surface area contributed by atoms with Crippen LogP contribution in [0.15, 0.2) is 45.6 Å². The number of rotatable bonds is 6. The molecule has 0 atom stereocenters. The molecule has 0 bridgehead atoms. The highest BCUT2D eigenvalue weighted by Crippen LogP contribution is 2.20. The smallest absolute Gasteiger partial charge is 0.375 e. The number of carbonyl (C=O) groups excluding carboxylic acids is 1. The number of thiophene rings is 1. The Kier molecular flexibility index (Phi) is 5.21. The number of nitrogens with one attached hydrogen (secondary N) is 2. The number of carbonyl (C=O) groups is 1. The number of nitrogens with zero attached hydrogens (tertiary/aromatic N) is 2. The van der Waals surface area contributed by atoms with Gasteiger partial charge in [0.2, 0.25) is 11.7 Å². The van der Waals surface area contributed by atoms with Gasteiger partial charge in [0.15, 0.2) is 0 Å². The highest BCUT2D eigenvalue weighted by Gasteiger charge is 2.28. The van der Waals surface area contributed by atoms with E-state index >= 15 is 0 Å². The molecule has 2 N–H and O–H groups in total. The van der Waals surface area contributed by atoms with Crippen LogP contribution in [-0.2, 0) is 6.54 Å². The predicted octanol–water partition coefficient (Wildman–Crippen LogP) is 3.70. The largest absolute Gasteiger partial charge is 0.405 e. The second-order valence-electron chi connectivity index (χ2n) is 5.22. The molecule has 0 saturated heterocycles. The number of para-hydroxylation sites is 1. The highest BCUT2D eigenvalue weighted by molar-refractivity contribution is 7.08. The van der Waals surface area contributed by atoms with Crippen LogP contribution in [0.25, 0.3) is 11.4 Å². The van der Waals surface area contributed by atoms with Crippen molar-refractivity contribution in [1.82, 2.24) is 15.5 Å². The lowest BCUT2D eigenvalue weighted by Crippen LogP contribution is -2.34. The maximum absolute atomic E-state index is 12.3. The van der Waals surface area contributed by atoms with Gasteiger partial charge in [0.1, 0.15) is 6.54 Å². The van der Waals surface area contributed by atoms with Crippen LogP contribution in [0.2, 0.25) is 0 Å². The monoisotopic (exact) mass is 382 g/mol. The first kappa shape index (κ1) is 17.9. The third-order valence-electron chi connectivity index (χ3n) is 3.30. The molecule has 0 aliphatic carbocycles. The minimum atomic E-state index is -4.47. The number of hydrogen-bond donors (Lipinski definition) is 2. The number of amides is 1. The van der Waals surface area contributed by atoms with E-state index in [4.69, 9.17) is 4.52 Å². The maximum Gasteiger partial charge on any atom is 0.405 e. The lowest BCUT2D eigenvalue weighted by Gasteiger charge is -2.12. The number of benzene rings is 1. The zero-order valence-electron chi connectivity index (χ0n) is 13.2. The van der Waals surface area contributed by atoms with Crippen molar-refractivity contribution in [2.45, 2.75) is 12.7 Å². The molecule has 0 saturated carbocycles. The molecule has 1 amide bonds. The summed E-state index contributed by atoms with van der Waals surface area (Å²) in [7, 11) is 0. The van der Waals surface area contributed by atoms with Gasteiger partial charge in [-0.2, -0.15) is 29.5 Å². The fraction of sp³-hybridized carbons (Fsp3) is 0.188. The average molecular weight is 382 g/mol. The summed E-state index contributed by atoms with van der Waals surface area (Å²) in [5, 5.41) is 12.4. The molecular formula is C16H13F3N4O2S. The van der Waals surface area contributed by atoms with Gasteiger partial charge in [0.25, 0.3) is 5.91 Å². The van der Waals surface area contributed by atoms with E-state index < -0.39 is 18.6 Å². The van der Waals surface area contributed by atoms with Crippen LogP contribution < -0.4 is 10.6 Å². The van der Waals surface area contributed by atoms with E-state index in [1.165, 1.54) is 17.4 Å². The normalized spacial score (nSPS) is 11.3. The lowest BCUT2D eigenvalue weighted by molar-refractivity contribution is -0.123. The van der Waals surface area contributed by atoms with Gasteiger partial charge in [-0.05, 0) is 23.6 Å². The topological polar surface area (TPSA) is 80.0 Å². The summed E-state index contributed by atoms with van der Waals surface area (Å²) in [6.07, 6.45) is -4.47. The fourth-order valence-electron chi connectivity index (χ4n) is 2.12. The van der Waals surface area contributed by atoms with Crippen LogP contribution in [0.4, 0.5) is 18.9 Å². The Morgan fingerprint density at radius 1 is 1.23 bits per heavy atom. The van der Waals surface area contributed by atoms with E-state index in [1.54, 1.807) is 18.2 Å². The van der Waals surface area contributed by atoms with Gasteiger partial charge in [-0.1, -0.05) is 17.3 Å². The highest BCUT2D eigenvalue weighted by atomic mass is 32.1. The van der Waals surface area contributed by atoms with Gasteiger partial charge in [0, 0.05) is 16.6 Å². The summed E-state index contributed by atoms with van der Waals surface area (Å²) in [5.74, 6) is -0.0918. The average Bonchev–Trinajstić information content (AvgIpc) is 3.28. The first-order valence-electron chi connectivity index (χ1n) is 7.45. The van der Waals surface area contributed by atoms with Gasteiger partial charge >= 0.3 is 6.18 Å². The van der Waals surface area contributed by atoms with Crippen molar-refractivity contribution in [3.63, 3.8) is 0 Å². The maximum atomic E-state index is 12.3. The fourth-order valence-corrected chi connectivity index (χ4v) is 2.75. The van der Waals surface area contributed by atoms with Gasteiger partial charge in [-0.15, -0.1) is 0 Å². The van der Waals surface area contributed by atoms with Crippen LogP contribution in [0, 0.1) is 0 Å². The number of aromatic nitrogens is 2. The zero-order valence-corrected chi connectivity index (χ0v) is 14.0. The van der Waals surface area contributed by atoms with Crippen molar-refractivity contribution >= 4 is 22.9 Å². The molecule has 2 heterocycles. The Labute approximate surface area is 150 Å². The van der Waals surface area contributed by atoms with E-state index in [9.17, 15) is 18.0 Å². The molecule has 0 spiro atoms. The molecule has 0 aliphatic rings. The van der Waals surface area contributed by atoms with Crippen LogP contribution in [0.3, 0.4) is 0 Å². The summed E-state index contributed by atoms with van der Waals surface area (Å²) in [5.41, 5.74) is 1.29. The Balaban J connectivity index is 1.66. The van der Waals surface area contributed by atoms with Crippen molar-refractivity contribution in [3.05, 3.63) is 52.5 Å². The Bertz CT molecular complexity index is 878. The van der Waals surface area contributed by atoms with Crippen LogP contribution in [-0.4, -0.2) is 28.8 Å². The van der Waals surface area contributed by atoms with E-state index in [0.29, 0.717) is 11.5 Å². The van der Waals surface area contributed by atoms with Crippen molar-refractivity contribution in [1.29, 1.82) is 0 Å². The first-order valence-corrected chi connectivity index (χ1v) is 8.40. The summed E-state index contributed by atoms with van der Waals surface area (Å²) >= 11 is 1.50. The molecule has 0 unspecified atom stereocenters. The molecule has 6 nitrogen and oxygen atoms in total. The third-order valence-corrected chi connectivity index (χ3v) is 3.98. The third kappa shape index (κ3) is 4.60. The first-order chi connectivity index (χ1) is 12.4. The van der Waals surface area contributed by atoms with E-state index in [0.717, 1.165) is 5.56 Å². The quantitative estimate of drug-likeness (QED) is 0.680. The standard InChI is InChI=1S/C16H13F3N4O2S/c17-16(18,19)9-21-15(24)11-3-1-2-4-12(11)20-7-13-22-14(23-25-13)10-5-6-26-8-10/h1-6,8,20H,7,9H2,(H,21,24). The number of hydrogen-bond acceptors (Lipinski definition) is 6. The molecule has 1 aromatic carbocycles. The van der Waals surface area contributed by atoms with Gasteiger partial charge < -0.3 is 15.2 Å².